The molecule has 0 radical (unpaired) electrons. The third-order valence-electron chi connectivity index (χ3n) is 2.83. The molecule has 1 amide bonds. The molecule has 0 unspecified atom stereocenters. The molecular weight excluding hydrogens is 315 g/mol. The molecular formula is C12H15IN2O. The summed E-state index contributed by atoms with van der Waals surface area (Å²) in [4.78, 5) is 14.2. The smallest absolute Gasteiger partial charge is 0.255 e. The van der Waals surface area contributed by atoms with Crippen LogP contribution in [0, 0.1) is 10.5 Å². The van der Waals surface area contributed by atoms with Gasteiger partial charge in [0.15, 0.2) is 0 Å². The van der Waals surface area contributed by atoms with Gasteiger partial charge in [0.05, 0.1) is 5.56 Å². The SMILES string of the molecule is Cc1cccc(C(=O)N2CCNCC2)c1I. The van der Waals surface area contributed by atoms with Crippen LogP contribution in [-0.4, -0.2) is 37.0 Å². The second-order valence-electron chi connectivity index (χ2n) is 3.98. The minimum atomic E-state index is 0.162. The lowest BCUT2D eigenvalue weighted by Crippen LogP contribution is -2.46. The first kappa shape index (κ1) is 11.9. The summed E-state index contributed by atoms with van der Waals surface area (Å²) < 4.78 is 1.07. The Kier molecular flexibility index (Phi) is 3.81. The van der Waals surface area contributed by atoms with Crippen molar-refractivity contribution >= 4 is 28.5 Å². The summed E-state index contributed by atoms with van der Waals surface area (Å²) >= 11 is 2.25. The van der Waals surface area contributed by atoms with E-state index < -0.39 is 0 Å². The Morgan fingerprint density at radius 3 is 2.75 bits per heavy atom. The minimum absolute atomic E-state index is 0.162. The number of carbonyl (C=O) groups excluding carboxylic acids is 1. The molecule has 1 heterocycles. The van der Waals surface area contributed by atoms with Crippen LogP contribution in [0.4, 0.5) is 0 Å². The predicted molar refractivity (Wildman–Crippen MR) is 72.7 cm³/mol. The second-order valence-corrected chi connectivity index (χ2v) is 5.06. The average Bonchev–Trinajstić information content (AvgIpc) is 2.33. The van der Waals surface area contributed by atoms with Gasteiger partial charge in [-0.2, -0.15) is 0 Å². The molecule has 2 rings (SSSR count). The maximum absolute atomic E-state index is 12.3. The van der Waals surface area contributed by atoms with E-state index in [2.05, 4.69) is 27.9 Å². The monoisotopic (exact) mass is 330 g/mol. The van der Waals surface area contributed by atoms with Crippen LogP contribution in [0.1, 0.15) is 15.9 Å². The summed E-state index contributed by atoms with van der Waals surface area (Å²) in [7, 11) is 0. The van der Waals surface area contributed by atoms with E-state index in [4.69, 9.17) is 0 Å². The largest absolute Gasteiger partial charge is 0.336 e. The lowest BCUT2D eigenvalue weighted by atomic mass is 10.1. The number of nitrogens with one attached hydrogen (secondary N) is 1. The van der Waals surface area contributed by atoms with Gasteiger partial charge in [0.1, 0.15) is 0 Å². The van der Waals surface area contributed by atoms with Crippen molar-refractivity contribution in [3.05, 3.63) is 32.9 Å². The van der Waals surface area contributed by atoms with Crippen LogP contribution in [-0.2, 0) is 0 Å². The summed E-state index contributed by atoms with van der Waals surface area (Å²) in [6, 6.07) is 5.91. The summed E-state index contributed by atoms with van der Waals surface area (Å²) in [5.41, 5.74) is 2.00. The fourth-order valence-corrected chi connectivity index (χ4v) is 2.44. The molecule has 0 aromatic heterocycles. The highest BCUT2D eigenvalue weighted by molar-refractivity contribution is 14.1. The van der Waals surface area contributed by atoms with Gasteiger partial charge >= 0.3 is 0 Å². The Labute approximate surface area is 109 Å². The Bertz CT molecular complexity index is 400. The number of hydrogen-bond donors (Lipinski definition) is 1. The van der Waals surface area contributed by atoms with E-state index in [9.17, 15) is 4.79 Å². The highest BCUT2D eigenvalue weighted by Crippen LogP contribution is 2.18. The Morgan fingerprint density at radius 2 is 2.06 bits per heavy atom. The Hall–Kier alpha value is -0.620. The van der Waals surface area contributed by atoms with Crippen LogP contribution in [0.2, 0.25) is 0 Å². The van der Waals surface area contributed by atoms with E-state index >= 15 is 0 Å². The average molecular weight is 330 g/mol. The molecule has 0 bridgehead atoms. The molecule has 3 nitrogen and oxygen atoms in total. The summed E-state index contributed by atoms with van der Waals surface area (Å²) in [5, 5.41) is 3.25. The van der Waals surface area contributed by atoms with Crippen LogP contribution in [0.5, 0.6) is 0 Å². The van der Waals surface area contributed by atoms with Crippen LogP contribution < -0.4 is 5.32 Å². The van der Waals surface area contributed by atoms with Gasteiger partial charge in [-0.1, -0.05) is 12.1 Å². The molecule has 4 heteroatoms. The number of carbonyl (C=O) groups is 1. The number of aryl methyl sites for hydroxylation is 1. The van der Waals surface area contributed by atoms with E-state index in [0.29, 0.717) is 0 Å². The number of rotatable bonds is 1. The van der Waals surface area contributed by atoms with E-state index in [1.165, 1.54) is 5.56 Å². The molecule has 1 aromatic carbocycles. The normalized spacial score (nSPS) is 16.2. The van der Waals surface area contributed by atoms with Gasteiger partial charge < -0.3 is 10.2 Å². The highest BCUT2D eigenvalue weighted by Gasteiger charge is 2.20. The van der Waals surface area contributed by atoms with Crippen molar-refractivity contribution < 1.29 is 4.79 Å². The zero-order valence-electron chi connectivity index (χ0n) is 9.29. The number of hydrogen-bond acceptors (Lipinski definition) is 2. The summed E-state index contributed by atoms with van der Waals surface area (Å²) in [6.45, 7) is 5.45. The molecule has 0 atom stereocenters. The van der Waals surface area contributed by atoms with Crippen molar-refractivity contribution in [2.24, 2.45) is 0 Å². The molecule has 0 aliphatic carbocycles. The van der Waals surface area contributed by atoms with Crippen molar-refractivity contribution in [1.29, 1.82) is 0 Å². The van der Waals surface area contributed by atoms with Gasteiger partial charge in [0.2, 0.25) is 0 Å². The van der Waals surface area contributed by atoms with Gasteiger partial charge in [0, 0.05) is 29.7 Å². The van der Waals surface area contributed by atoms with Crippen LogP contribution in [0.25, 0.3) is 0 Å². The quantitative estimate of drug-likeness (QED) is 0.794. The van der Waals surface area contributed by atoms with Crippen molar-refractivity contribution in [3.63, 3.8) is 0 Å². The molecule has 16 heavy (non-hydrogen) atoms. The highest BCUT2D eigenvalue weighted by atomic mass is 127. The number of benzene rings is 1. The first-order valence-electron chi connectivity index (χ1n) is 5.45. The summed E-state index contributed by atoms with van der Waals surface area (Å²) in [5.74, 6) is 0.162. The van der Waals surface area contributed by atoms with Gasteiger partial charge in [-0.3, -0.25) is 4.79 Å². The fraction of sp³-hybridized carbons (Fsp3) is 0.417. The van der Waals surface area contributed by atoms with Gasteiger partial charge in [-0.05, 0) is 41.1 Å². The zero-order valence-corrected chi connectivity index (χ0v) is 11.5. The molecule has 1 aliphatic heterocycles. The van der Waals surface area contributed by atoms with Crippen molar-refractivity contribution in [3.8, 4) is 0 Å². The predicted octanol–water partition coefficient (Wildman–Crippen LogP) is 1.65. The van der Waals surface area contributed by atoms with Crippen molar-refractivity contribution in [1.82, 2.24) is 10.2 Å². The van der Waals surface area contributed by atoms with Crippen molar-refractivity contribution in [2.45, 2.75) is 6.92 Å². The maximum atomic E-state index is 12.3. The first-order valence-corrected chi connectivity index (χ1v) is 6.53. The van der Waals surface area contributed by atoms with Crippen LogP contribution in [0.3, 0.4) is 0 Å². The number of piperazine rings is 1. The molecule has 1 saturated heterocycles. The van der Waals surface area contributed by atoms with E-state index in [0.717, 1.165) is 35.3 Å². The number of halogens is 1. The van der Waals surface area contributed by atoms with Gasteiger partial charge in [0.25, 0.3) is 5.91 Å². The number of nitrogens with zero attached hydrogens (tertiary/aromatic N) is 1. The topological polar surface area (TPSA) is 32.3 Å². The first-order chi connectivity index (χ1) is 7.70. The Balaban J connectivity index is 2.22. The molecule has 1 N–H and O–H groups in total. The lowest BCUT2D eigenvalue weighted by Gasteiger charge is -2.28. The zero-order chi connectivity index (χ0) is 11.5. The lowest BCUT2D eigenvalue weighted by molar-refractivity contribution is 0.0734. The van der Waals surface area contributed by atoms with Crippen LogP contribution in [0.15, 0.2) is 18.2 Å². The Morgan fingerprint density at radius 1 is 1.38 bits per heavy atom. The standard InChI is InChI=1S/C12H15IN2O/c1-9-3-2-4-10(11(9)13)12(16)15-7-5-14-6-8-15/h2-4,14H,5-8H2,1H3. The maximum Gasteiger partial charge on any atom is 0.255 e. The molecule has 86 valence electrons. The van der Waals surface area contributed by atoms with E-state index in [1.807, 2.05) is 30.0 Å². The summed E-state index contributed by atoms with van der Waals surface area (Å²) in [6.07, 6.45) is 0. The second kappa shape index (κ2) is 5.14. The molecule has 1 fully saturated rings. The fourth-order valence-electron chi connectivity index (χ4n) is 1.85. The molecule has 1 aromatic rings. The molecule has 1 aliphatic rings. The molecule has 0 saturated carbocycles. The van der Waals surface area contributed by atoms with E-state index in [1.54, 1.807) is 0 Å². The van der Waals surface area contributed by atoms with Gasteiger partial charge in [-0.25, -0.2) is 0 Å². The van der Waals surface area contributed by atoms with Gasteiger partial charge in [-0.15, -0.1) is 0 Å². The third kappa shape index (κ3) is 2.38. The van der Waals surface area contributed by atoms with Crippen LogP contribution >= 0.6 is 22.6 Å². The number of amides is 1. The minimum Gasteiger partial charge on any atom is -0.336 e. The van der Waals surface area contributed by atoms with E-state index in [-0.39, 0.29) is 5.91 Å². The molecule has 0 spiro atoms. The third-order valence-corrected chi connectivity index (χ3v) is 4.26. The van der Waals surface area contributed by atoms with Crippen molar-refractivity contribution in [2.75, 3.05) is 26.2 Å².